The first-order chi connectivity index (χ1) is 10.3. The van der Waals surface area contributed by atoms with Crippen molar-refractivity contribution in [3.05, 3.63) is 54.1 Å². The molecule has 0 aliphatic carbocycles. The topological polar surface area (TPSA) is 60.3 Å². The Morgan fingerprint density at radius 2 is 1.62 bits per heavy atom. The van der Waals surface area contributed by atoms with Gasteiger partial charge in [0.1, 0.15) is 30.5 Å². The van der Waals surface area contributed by atoms with Gasteiger partial charge in [-0.25, -0.2) is 0 Å². The maximum atomic E-state index is 8.42. The summed E-state index contributed by atoms with van der Waals surface area (Å²) < 4.78 is 16.2. The highest BCUT2D eigenvalue weighted by molar-refractivity contribution is 5.79. The highest BCUT2D eigenvalue weighted by atomic mass is 16.5. The van der Waals surface area contributed by atoms with Crippen LogP contribution >= 0.6 is 0 Å². The lowest BCUT2D eigenvalue weighted by Crippen LogP contribution is -2.09. The maximum Gasteiger partial charge on any atom is 0.123 e. The van der Waals surface area contributed by atoms with Crippen molar-refractivity contribution in [2.75, 3.05) is 20.3 Å². The lowest BCUT2D eigenvalue weighted by atomic mass is 10.2. The summed E-state index contributed by atoms with van der Waals surface area (Å²) in [4.78, 5) is 0. The van der Waals surface area contributed by atoms with Crippen molar-refractivity contribution >= 4 is 6.21 Å². The predicted octanol–water partition coefficient (Wildman–Crippen LogP) is 2.96. The van der Waals surface area contributed by atoms with Gasteiger partial charge in [-0.2, -0.15) is 0 Å². The van der Waals surface area contributed by atoms with Gasteiger partial charge in [-0.15, -0.1) is 0 Å². The first-order valence-corrected chi connectivity index (χ1v) is 6.49. The molecule has 0 amide bonds. The summed E-state index contributed by atoms with van der Waals surface area (Å²) in [6.07, 6.45) is 1.36. The van der Waals surface area contributed by atoms with Crippen molar-refractivity contribution < 1.29 is 19.4 Å². The Hall–Kier alpha value is -2.69. The number of benzene rings is 2. The van der Waals surface area contributed by atoms with E-state index in [1.165, 1.54) is 6.21 Å². The summed E-state index contributed by atoms with van der Waals surface area (Å²) in [5, 5.41) is 11.4. The Morgan fingerprint density at radius 1 is 0.952 bits per heavy atom. The van der Waals surface area contributed by atoms with Crippen molar-refractivity contribution in [3.8, 4) is 17.2 Å². The monoisotopic (exact) mass is 287 g/mol. The van der Waals surface area contributed by atoms with Gasteiger partial charge in [0.2, 0.25) is 0 Å². The zero-order chi connectivity index (χ0) is 14.9. The van der Waals surface area contributed by atoms with Gasteiger partial charge in [0.05, 0.1) is 13.3 Å². The average Bonchev–Trinajstić information content (AvgIpc) is 2.53. The Balaban J connectivity index is 1.76. The number of hydrogen-bond donors (Lipinski definition) is 1. The third kappa shape index (κ3) is 4.72. The Kier molecular flexibility index (Phi) is 5.46. The van der Waals surface area contributed by atoms with Crippen molar-refractivity contribution in [1.82, 2.24) is 0 Å². The van der Waals surface area contributed by atoms with Crippen LogP contribution < -0.4 is 14.2 Å². The summed E-state index contributed by atoms with van der Waals surface area (Å²) >= 11 is 0. The fourth-order valence-electron chi connectivity index (χ4n) is 1.73. The zero-order valence-electron chi connectivity index (χ0n) is 11.7. The fourth-order valence-corrected chi connectivity index (χ4v) is 1.73. The number of methoxy groups -OCH3 is 1. The van der Waals surface area contributed by atoms with E-state index >= 15 is 0 Å². The molecule has 0 aliphatic rings. The second-order valence-corrected chi connectivity index (χ2v) is 4.19. The van der Waals surface area contributed by atoms with E-state index < -0.39 is 0 Å². The number of oxime groups is 1. The van der Waals surface area contributed by atoms with Crippen LogP contribution in [-0.2, 0) is 0 Å². The SMILES string of the molecule is COc1cccc(OCCOc2ccc(C=NO)cc2)c1. The maximum absolute atomic E-state index is 8.42. The van der Waals surface area contributed by atoms with Gasteiger partial charge in [-0.1, -0.05) is 11.2 Å². The molecule has 1 N–H and O–H groups in total. The summed E-state index contributed by atoms with van der Waals surface area (Å²) in [7, 11) is 1.62. The predicted molar refractivity (Wildman–Crippen MR) is 79.8 cm³/mol. The molecule has 0 spiro atoms. The first-order valence-electron chi connectivity index (χ1n) is 6.49. The molecule has 0 saturated carbocycles. The van der Waals surface area contributed by atoms with Gasteiger partial charge in [-0.05, 0) is 42.0 Å². The minimum Gasteiger partial charge on any atom is -0.497 e. The van der Waals surface area contributed by atoms with Crippen LogP contribution in [0.4, 0.5) is 0 Å². The van der Waals surface area contributed by atoms with Gasteiger partial charge in [0.25, 0.3) is 0 Å². The molecular formula is C16H17NO4. The molecule has 21 heavy (non-hydrogen) atoms. The smallest absolute Gasteiger partial charge is 0.123 e. The Morgan fingerprint density at radius 3 is 2.29 bits per heavy atom. The minimum atomic E-state index is 0.435. The average molecular weight is 287 g/mol. The number of nitrogens with zero attached hydrogens (tertiary/aromatic N) is 1. The van der Waals surface area contributed by atoms with E-state index in [-0.39, 0.29) is 0 Å². The second-order valence-electron chi connectivity index (χ2n) is 4.19. The quantitative estimate of drug-likeness (QED) is 0.368. The zero-order valence-corrected chi connectivity index (χ0v) is 11.7. The third-order valence-electron chi connectivity index (χ3n) is 2.75. The molecule has 0 atom stereocenters. The lowest BCUT2D eigenvalue weighted by molar-refractivity contribution is 0.216. The van der Waals surface area contributed by atoms with Gasteiger partial charge >= 0.3 is 0 Å². The van der Waals surface area contributed by atoms with Crippen LogP contribution in [-0.4, -0.2) is 31.7 Å². The highest BCUT2D eigenvalue weighted by Crippen LogP contribution is 2.18. The molecule has 0 unspecified atom stereocenters. The molecule has 0 saturated heterocycles. The molecule has 0 aliphatic heterocycles. The summed E-state index contributed by atoms with van der Waals surface area (Å²) in [6.45, 7) is 0.873. The van der Waals surface area contributed by atoms with Crippen molar-refractivity contribution in [2.24, 2.45) is 5.16 Å². The van der Waals surface area contributed by atoms with E-state index in [0.29, 0.717) is 13.2 Å². The van der Waals surface area contributed by atoms with Crippen LogP contribution in [0.15, 0.2) is 53.7 Å². The number of ether oxygens (including phenoxy) is 3. The largest absolute Gasteiger partial charge is 0.497 e. The minimum absolute atomic E-state index is 0.435. The van der Waals surface area contributed by atoms with Crippen LogP contribution in [0.1, 0.15) is 5.56 Å². The van der Waals surface area contributed by atoms with Crippen LogP contribution in [0.25, 0.3) is 0 Å². The lowest BCUT2D eigenvalue weighted by Gasteiger charge is -2.09. The summed E-state index contributed by atoms with van der Waals surface area (Å²) in [6, 6.07) is 14.6. The third-order valence-corrected chi connectivity index (χ3v) is 2.75. The molecular weight excluding hydrogens is 270 g/mol. The molecule has 0 fully saturated rings. The molecule has 0 heterocycles. The van der Waals surface area contributed by atoms with E-state index in [2.05, 4.69) is 5.16 Å². The Bertz CT molecular complexity index is 581. The van der Waals surface area contributed by atoms with Crippen LogP contribution in [0.5, 0.6) is 17.2 Å². The molecule has 0 bridgehead atoms. The van der Waals surface area contributed by atoms with E-state index in [0.717, 1.165) is 22.8 Å². The highest BCUT2D eigenvalue weighted by Gasteiger charge is 1.98. The van der Waals surface area contributed by atoms with Crippen LogP contribution in [0, 0.1) is 0 Å². The van der Waals surface area contributed by atoms with Crippen LogP contribution in [0.2, 0.25) is 0 Å². The summed E-state index contributed by atoms with van der Waals surface area (Å²) in [5.41, 5.74) is 0.803. The molecule has 5 nitrogen and oxygen atoms in total. The number of rotatable bonds is 7. The van der Waals surface area contributed by atoms with Gasteiger partial charge in [0, 0.05) is 6.07 Å². The fraction of sp³-hybridized carbons (Fsp3) is 0.188. The van der Waals surface area contributed by atoms with Crippen molar-refractivity contribution in [1.29, 1.82) is 0 Å². The van der Waals surface area contributed by atoms with Crippen LogP contribution in [0.3, 0.4) is 0 Å². The van der Waals surface area contributed by atoms with Crippen molar-refractivity contribution in [3.63, 3.8) is 0 Å². The molecule has 2 aromatic rings. The number of hydrogen-bond acceptors (Lipinski definition) is 5. The molecule has 5 heteroatoms. The van der Waals surface area contributed by atoms with E-state index in [1.807, 2.05) is 36.4 Å². The summed E-state index contributed by atoms with van der Waals surface area (Å²) in [5.74, 6) is 2.24. The first kappa shape index (κ1) is 14.7. The van der Waals surface area contributed by atoms with E-state index in [1.54, 1.807) is 19.2 Å². The second kappa shape index (κ2) is 7.79. The molecule has 0 radical (unpaired) electrons. The van der Waals surface area contributed by atoms with E-state index in [4.69, 9.17) is 19.4 Å². The standard InChI is InChI=1S/C16H17NO4/c1-19-15-3-2-4-16(11-15)21-10-9-20-14-7-5-13(6-8-14)12-17-18/h2-8,11-12,18H,9-10H2,1H3. The normalized spacial score (nSPS) is 10.5. The molecule has 0 aromatic heterocycles. The molecule has 110 valence electrons. The van der Waals surface area contributed by atoms with Crippen molar-refractivity contribution in [2.45, 2.75) is 0 Å². The van der Waals surface area contributed by atoms with Gasteiger partial charge < -0.3 is 19.4 Å². The van der Waals surface area contributed by atoms with Gasteiger partial charge in [0.15, 0.2) is 0 Å². The Labute approximate surface area is 123 Å². The molecule has 2 rings (SSSR count). The van der Waals surface area contributed by atoms with E-state index in [9.17, 15) is 0 Å². The molecule has 2 aromatic carbocycles. The van der Waals surface area contributed by atoms with Gasteiger partial charge in [-0.3, -0.25) is 0 Å².